The molecule has 0 nitrogen and oxygen atoms in total. The number of hydrogen-bond donors (Lipinski definition) is 0. The van der Waals surface area contributed by atoms with Gasteiger partial charge in [0.1, 0.15) is 11.6 Å². The van der Waals surface area contributed by atoms with Crippen molar-refractivity contribution < 1.29 is 8.78 Å². The minimum absolute atomic E-state index is 0.227. The third kappa shape index (κ3) is 2.75. The fourth-order valence-electron chi connectivity index (χ4n) is 2.81. The van der Waals surface area contributed by atoms with Crippen LogP contribution in [0.2, 0.25) is 0 Å². The predicted octanol–water partition coefficient (Wildman–Crippen LogP) is 6.12. The van der Waals surface area contributed by atoms with Gasteiger partial charge in [-0.1, -0.05) is 47.6 Å². The van der Waals surface area contributed by atoms with Gasteiger partial charge in [-0.15, -0.1) is 0 Å². The molecule has 0 heterocycles. The second-order valence-electron chi connectivity index (χ2n) is 6.32. The quantitative estimate of drug-likeness (QED) is 0.589. The largest absolute Gasteiger partial charge is 0.207 e. The molecule has 0 unspecified atom stereocenters. The van der Waals surface area contributed by atoms with E-state index in [1.807, 2.05) is 20.8 Å². The molecule has 1 aromatic rings. The van der Waals surface area contributed by atoms with E-state index in [1.165, 1.54) is 6.07 Å². The average molecular weight is 282 g/mol. The van der Waals surface area contributed by atoms with Gasteiger partial charge in [0, 0.05) is 5.56 Å². The predicted molar refractivity (Wildman–Crippen MR) is 82.2 cm³/mol. The van der Waals surface area contributed by atoms with Gasteiger partial charge in [-0.3, -0.25) is 0 Å². The van der Waals surface area contributed by atoms with Crippen LogP contribution in [0.4, 0.5) is 8.78 Å². The molecule has 0 aliphatic rings. The lowest BCUT2D eigenvalue weighted by molar-refractivity contribution is 0.368. The van der Waals surface area contributed by atoms with E-state index in [2.05, 4.69) is 20.8 Å². The van der Waals surface area contributed by atoms with Crippen LogP contribution in [0, 0.1) is 11.6 Å². The highest BCUT2D eigenvalue weighted by molar-refractivity contribution is 5.37. The maximum Gasteiger partial charge on any atom is 0.133 e. The van der Waals surface area contributed by atoms with Crippen LogP contribution in [0.5, 0.6) is 0 Å². The molecule has 0 N–H and O–H groups in total. The van der Waals surface area contributed by atoms with E-state index in [0.29, 0.717) is 5.56 Å². The Morgan fingerprint density at radius 2 is 1.25 bits per heavy atom. The molecule has 0 aromatic heterocycles. The molecule has 0 bridgehead atoms. The summed E-state index contributed by atoms with van der Waals surface area (Å²) in [5, 5.41) is 0. The van der Waals surface area contributed by atoms with Crippen molar-refractivity contribution in [1.29, 1.82) is 0 Å². The van der Waals surface area contributed by atoms with Crippen LogP contribution >= 0.6 is 0 Å². The summed E-state index contributed by atoms with van der Waals surface area (Å²) in [7, 11) is 0. The second kappa shape index (κ2) is 6.24. The summed E-state index contributed by atoms with van der Waals surface area (Å²) in [5.41, 5.74) is 0.266. The van der Waals surface area contributed by atoms with Gasteiger partial charge in [-0.25, -0.2) is 8.78 Å². The first kappa shape index (κ1) is 17.1. The highest BCUT2D eigenvalue weighted by Crippen LogP contribution is 2.40. The smallest absolute Gasteiger partial charge is 0.133 e. The van der Waals surface area contributed by atoms with Gasteiger partial charge >= 0.3 is 0 Å². The molecular weight excluding hydrogens is 254 g/mol. The molecular formula is C18H28F2. The summed E-state index contributed by atoms with van der Waals surface area (Å²) in [4.78, 5) is 0. The van der Waals surface area contributed by atoms with Gasteiger partial charge in [0.2, 0.25) is 0 Å². The van der Waals surface area contributed by atoms with Gasteiger partial charge in [0.25, 0.3) is 0 Å². The molecule has 114 valence electrons. The third-order valence-corrected chi connectivity index (χ3v) is 5.47. The van der Waals surface area contributed by atoms with Crippen molar-refractivity contribution in [1.82, 2.24) is 0 Å². The van der Waals surface area contributed by atoms with Crippen molar-refractivity contribution in [2.24, 2.45) is 0 Å². The molecule has 0 saturated carbocycles. The first-order valence-electron chi connectivity index (χ1n) is 7.78. The normalized spacial score (nSPS) is 12.8. The number of hydrogen-bond acceptors (Lipinski definition) is 0. The first-order chi connectivity index (χ1) is 9.29. The standard InChI is InChI=1S/C18H28F2/c1-7-17(5,8-2)13-11-12-14(19)15(16(13)20)18(6,9-3)10-4/h11-12H,7-10H2,1-6H3. The number of rotatable bonds is 6. The molecule has 0 amide bonds. The van der Waals surface area contributed by atoms with Crippen molar-refractivity contribution >= 4 is 0 Å². The Balaban J connectivity index is 3.57. The molecule has 0 aliphatic heterocycles. The third-order valence-electron chi connectivity index (χ3n) is 5.47. The molecule has 0 radical (unpaired) electrons. The summed E-state index contributed by atoms with van der Waals surface area (Å²) >= 11 is 0. The van der Waals surface area contributed by atoms with E-state index >= 15 is 4.39 Å². The fourth-order valence-corrected chi connectivity index (χ4v) is 2.81. The Bertz CT molecular complexity index is 455. The van der Waals surface area contributed by atoms with E-state index in [-0.39, 0.29) is 16.8 Å². The summed E-state index contributed by atoms with van der Waals surface area (Å²) < 4.78 is 29.3. The maximum absolute atomic E-state index is 15.0. The van der Waals surface area contributed by atoms with Crippen LogP contribution in [0.15, 0.2) is 12.1 Å². The highest BCUT2D eigenvalue weighted by atomic mass is 19.1. The summed E-state index contributed by atoms with van der Waals surface area (Å²) in [6.45, 7) is 12.1. The minimum atomic E-state index is -0.438. The van der Waals surface area contributed by atoms with Crippen LogP contribution in [0.1, 0.15) is 78.4 Å². The first-order valence-corrected chi connectivity index (χ1v) is 7.78. The van der Waals surface area contributed by atoms with Crippen molar-refractivity contribution in [3.63, 3.8) is 0 Å². The van der Waals surface area contributed by atoms with Crippen molar-refractivity contribution in [2.75, 3.05) is 0 Å². The molecule has 1 aromatic carbocycles. The van der Waals surface area contributed by atoms with E-state index in [4.69, 9.17) is 0 Å². The minimum Gasteiger partial charge on any atom is -0.207 e. The van der Waals surface area contributed by atoms with Crippen molar-refractivity contribution in [3.05, 3.63) is 34.9 Å². The van der Waals surface area contributed by atoms with Crippen molar-refractivity contribution in [2.45, 2.75) is 78.1 Å². The fraction of sp³-hybridized carbons (Fsp3) is 0.667. The lowest BCUT2D eigenvalue weighted by Gasteiger charge is -2.33. The van der Waals surface area contributed by atoms with Crippen LogP contribution in [-0.2, 0) is 10.8 Å². The molecule has 0 spiro atoms. The zero-order valence-corrected chi connectivity index (χ0v) is 13.7. The summed E-state index contributed by atoms with van der Waals surface area (Å²) in [6, 6.07) is 3.08. The Kier molecular flexibility index (Phi) is 5.34. The Morgan fingerprint density at radius 1 is 0.800 bits per heavy atom. The van der Waals surface area contributed by atoms with Crippen LogP contribution in [0.25, 0.3) is 0 Å². The van der Waals surface area contributed by atoms with Crippen LogP contribution in [0.3, 0.4) is 0 Å². The Hall–Kier alpha value is -0.920. The maximum atomic E-state index is 15.0. The van der Waals surface area contributed by atoms with Crippen LogP contribution in [-0.4, -0.2) is 0 Å². The summed E-state index contributed by atoms with van der Waals surface area (Å²) in [5.74, 6) is -0.741. The molecule has 0 atom stereocenters. The van der Waals surface area contributed by atoms with Gasteiger partial charge in [-0.05, 0) is 48.1 Å². The van der Waals surface area contributed by atoms with Gasteiger partial charge < -0.3 is 0 Å². The van der Waals surface area contributed by atoms with Crippen LogP contribution < -0.4 is 0 Å². The Labute approximate surface area is 122 Å². The summed E-state index contributed by atoms with van der Waals surface area (Å²) in [6.07, 6.45) is 3.16. The monoisotopic (exact) mass is 282 g/mol. The molecule has 1 rings (SSSR count). The SMILES string of the molecule is CCC(C)(CC)c1ccc(F)c(C(C)(CC)CC)c1F. The van der Waals surface area contributed by atoms with Gasteiger partial charge in [0.05, 0.1) is 0 Å². The molecule has 0 fully saturated rings. The van der Waals surface area contributed by atoms with E-state index in [0.717, 1.165) is 25.7 Å². The zero-order chi connectivity index (χ0) is 15.6. The molecule has 2 heteroatoms. The van der Waals surface area contributed by atoms with E-state index in [9.17, 15) is 4.39 Å². The lowest BCUT2D eigenvalue weighted by atomic mass is 9.72. The second-order valence-corrected chi connectivity index (χ2v) is 6.32. The highest BCUT2D eigenvalue weighted by Gasteiger charge is 2.34. The van der Waals surface area contributed by atoms with E-state index in [1.54, 1.807) is 6.07 Å². The number of benzene rings is 1. The van der Waals surface area contributed by atoms with Gasteiger partial charge in [0.15, 0.2) is 0 Å². The lowest BCUT2D eigenvalue weighted by Crippen LogP contribution is -2.28. The topological polar surface area (TPSA) is 0 Å². The molecule has 20 heavy (non-hydrogen) atoms. The van der Waals surface area contributed by atoms with E-state index < -0.39 is 11.2 Å². The van der Waals surface area contributed by atoms with Gasteiger partial charge in [-0.2, -0.15) is 0 Å². The number of halogens is 2. The zero-order valence-electron chi connectivity index (χ0n) is 13.7. The Morgan fingerprint density at radius 3 is 1.65 bits per heavy atom. The molecule has 0 saturated heterocycles. The molecule has 0 aliphatic carbocycles. The average Bonchev–Trinajstić information content (AvgIpc) is 2.46. The van der Waals surface area contributed by atoms with Crippen molar-refractivity contribution in [3.8, 4) is 0 Å².